The van der Waals surface area contributed by atoms with Crippen LogP contribution < -0.4 is 11.5 Å². The number of pyridine rings is 1. The number of benzene rings is 1. The molecule has 0 saturated carbocycles. The highest BCUT2D eigenvalue weighted by Crippen LogP contribution is 2.20. The molecule has 0 aliphatic heterocycles. The van der Waals surface area contributed by atoms with Gasteiger partial charge in [-0.1, -0.05) is 12.1 Å². The van der Waals surface area contributed by atoms with Gasteiger partial charge in [0.05, 0.1) is 5.69 Å². The normalized spacial score (nSPS) is 10.3. The van der Waals surface area contributed by atoms with Gasteiger partial charge in [-0.2, -0.15) is 0 Å². The van der Waals surface area contributed by atoms with E-state index < -0.39 is 0 Å². The molecule has 0 saturated heterocycles. The molecule has 0 bridgehead atoms. The van der Waals surface area contributed by atoms with Gasteiger partial charge in [0.1, 0.15) is 11.6 Å². The van der Waals surface area contributed by atoms with Gasteiger partial charge in [-0.15, -0.1) is 0 Å². The van der Waals surface area contributed by atoms with E-state index in [1.807, 2.05) is 6.07 Å². The standard InChI is InChI=1S/C12H12FN3/c13-10-3-1-8(2-4-10)7-9-5-6-16-12(15)11(9)14/h1-6H,7,14H2,(H2,15,16). The average molecular weight is 217 g/mol. The van der Waals surface area contributed by atoms with E-state index in [1.165, 1.54) is 12.1 Å². The highest BCUT2D eigenvalue weighted by atomic mass is 19.1. The fraction of sp³-hybridized carbons (Fsp3) is 0.0833. The van der Waals surface area contributed by atoms with Crippen molar-refractivity contribution >= 4 is 11.5 Å². The highest BCUT2D eigenvalue weighted by molar-refractivity contribution is 5.63. The summed E-state index contributed by atoms with van der Waals surface area (Å²) < 4.78 is 12.7. The smallest absolute Gasteiger partial charge is 0.146 e. The molecule has 0 spiro atoms. The molecule has 0 amide bonds. The number of halogens is 1. The molecule has 0 unspecified atom stereocenters. The zero-order valence-electron chi connectivity index (χ0n) is 8.65. The molecule has 1 aromatic heterocycles. The molecular formula is C12H12FN3. The van der Waals surface area contributed by atoms with Gasteiger partial charge in [0, 0.05) is 6.20 Å². The summed E-state index contributed by atoms with van der Waals surface area (Å²) in [4.78, 5) is 3.89. The third-order valence-electron chi connectivity index (χ3n) is 2.42. The molecule has 82 valence electrons. The fourth-order valence-electron chi connectivity index (χ4n) is 1.51. The maximum atomic E-state index is 12.7. The molecule has 0 fully saturated rings. The summed E-state index contributed by atoms with van der Waals surface area (Å²) in [5.41, 5.74) is 13.8. The van der Waals surface area contributed by atoms with Gasteiger partial charge >= 0.3 is 0 Å². The summed E-state index contributed by atoms with van der Waals surface area (Å²) in [6.45, 7) is 0. The second-order valence-electron chi connectivity index (χ2n) is 3.57. The highest BCUT2D eigenvalue weighted by Gasteiger charge is 2.04. The van der Waals surface area contributed by atoms with Crippen LogP contribution in [0.3, 0.4) is 0 Å². The van der Waals surface area contributed by atoms with Crippen molar-refractivity contribution in [3.8, 4) is 0 Å². The van der Waals surface area contributed by atoms with Crippen LogP contribution in [0.25, 0.3) is 0 Å². The molecule has 4 heteroatoms. The van der Waals surface area contributed by atoms with Gasteiger partial charge in [0.15, 0.2) is 0 Å². The van der Waals surface area contributed by atoms with Crippen LogP contribution in [0, 0.1) is 5.82 Å². The van der Waals surface area contributed by atoms with E-state index in [4.69, 9.17) is 11.5 Å². The molecule has 0 aliphatic carbocycles. The maximum absolute atomic E-state index is 12.7. The number of anilines is 2. The first kappa shape index (κ1) is 10.4. The number of nitrogen functional groups attached to an aromatic ring is 2. The van der Waals surface area contributed by atoms with E-state index in [0.717, 1.165) is 11.1 Å². The summed E-state index contributed by atoms with van der Waals surface area (Å²) in [6, 6.07) is 8.12. The zero-order chi connectivity index (χ0) is 11.5. The minimum absolute atomic E-state index is 0.244. The quantitative estimate of drug-likeness (QED) is 0.808. The van der Waals surface area contributed by atoms with E-state index in [2.05, 4.69) is 4.98 Å². The van der Waals surface area contributed by atoms with Crippen LogP contribution in [0.4, 0.5) is 15.9 Å². The predicted octanol–water partition coefficient (Wildman–Crippen LogP) is 1.98. The van der Waals surface area contributed by atoms with E-state index in [1.54, 1.807) is 18.3 Å². The van der Waals surface area contributed by atoms with Crippen molar-refractivity contribution in [1.82, 2.24) is 4.98 Å². The van der Waals surface area contributed by atoms with E-state index in [9.17, 15) is 4.39 Å². The molecule has 1 aromatic carbocycles. The monoisotopic (exact) mass is 217 g/mol. The summed E-state index contributed by atoms with van der Waals surface area (Å²) in [5.74, 6) is 0.0885. The van der Waals surface area contributed by atoms with Crippen LogP contribution >= 0.6 is 0 Å². The van der Waals surface area contributed by atoms with Crippen molar-refractivity contribution in [3.05, 3.63) is 53.5 Å². The lowest BCUT2D eigenvalue weighted by Crippen LogP contribution is -2.02. The lowest BCUT2D eigenvalue weighted by molar-refractivity contribution is 0.627. The lowest BCUT2D eigenvalue weighted by atomic mass is 10.0. The van der Waals surface area contributed by atoms with E-state index in [0.29, 0.717) is 17.9 Å². The number of hydrogen-bond acceptors (Lipinski definition) is 3. The number of rotatable bonds is 2. The Morgan fingerprint density at radius 3 is 2.44 bits per heavy atom. The molecule has 4 N–H and O–H groups in total. The summed E-state index contributed by atoms with van der Waals surface area (Å²) >= 11 is 0. The lowest BCUT2D eigenvalue weighted by Gasteiger charge is -2.07. The van der Waals surface area contributed by atoms with Crippen LogP contribution in [0.2, 0.25) is 0 Å². The topological polar surface area (TPSA) is 64.9 Å². The predicted molar refractivity (Wildman–Crippen MR) is 62.3 cm³/mol. The van der Waals surface area contributed by atoms with Crippen molar-refractivity contribution in [2.24, 2.45) is 0 Å². The van der Waals surface area contributed by atoms with Crippen molar-refractivity contribution in [1.29, 1.82) is 0 Å². The Hall–Kier alpha value is -2.10. The van der Waals surface area contributed by atoms with E-state index in [-0.39, 0.29) is 5.82 Å². The van der Waals surface area contributed by atoms with Crippen molar-refractivity contribution < 1.29 is 4.39 Å². The first-order valence-electron chi connectivity index (χ1n) is 4.90. The zero-order valence-corrected chi connectivity index (χ0v) is 8.65. The number of aromatic nitrogens is 1. The molecule has 16 heavy (non-hydrogen) atoms. The van der Waals surface area contributed by atoms with Crippen molar-refractivity contribution in [3.63, 3.8) is 0 Å². The third kappa shape index (κ3) is 2.11. The van der Waals surface area contributed by atoms with Crippen LogP contribution in [0.15, 0.2) is 36.5 Å². The second-order valence-corrected chi connectivity index (χ2v) is 3.57. The first-order chi connectivity index (χ1) is 7.66. The van der Waals surface area contributed by atoms with Crippen molar-refractivity contribution in [2.45, 2.75) is 6.42 Å². The number of nitrogens with two attached hydrogens (primary N) is 2. The molecule has 0 aliphatic rings. The fourth-order valence-corrected chi connectivity index (χ4v) is 1.51. The van der Waals surface area contributed by atoms with Gasteiger partial charge in [-0.25, -0.2) is 9.37 Å². The van der Waals surface area contributed by atoms with Gasteiger partial charge in [0.25, 0.3) is 0 Å². The Kier molecular flexibility index (Phi) is 2.72. The largest absolute Gasteiger partial charge is 0.396 e. The minimum Gasteiger partial charge on any atom is -0.396 e. The average Bonchev–Trinajstić information content (AvgIpc) is 2.28. The molecule has 0 atom stereocenters. The number of hydrogen-bond donors (Lipinski definition) is 2. The SMILES string of the molecule is Nc1nccc(Cc2ccc(F)cc2)c1N. The number of nitrogens with zero attached hydrogens (tertiary/aromatic N) is 1. The second kappa shape index (κ2) is 4.18. The molecule has 2 rings (SSSR count). The first-order valence-corrected chi connectivity index (χ1v) is 4.90. The van der Waals surface area contributed by atoms with E-state index >= 15 is 0 Å². The Balaban J connectivity index is 2.27. The van der Waals surface area contributed by atoms with Crippen molar-refractivity contribution in [2.75, 3.05) is 11.5 Å². The maximum Gasteiger partial charge on any atom is 0.146 e. The molecule has 1 heterocycles. The molecular weight excluding hydrogens is 205 g/mol. The van der Waals surface area contributed by atoms with Gasteiger partial charge in [0.2, 0.25) is 0 Å². The Morgan fingerprint density at radius 1 is 1.06 bits per heavy atom. The summed E-state index contributed by atoms with van der Waals surface area (Å²) in [5, 5.41) is 0. The molecule has 3 nitrogen and oxygen atoms in total. The van der Waals surface area contributed by atoms with Crippen LogP contribution in [0.5, 0.6) is 0 Å². The van der Waals surface area contributed by atoms with Crippen LogP contribution in [-0.4, -0.2) is 4.98 Å². The Labute approximate surface area is 92.9 Å². The minimum atomic E-state index is -0.244. The van der Waals surface area contributed by atoms with Gasteiger partial charge < -0.3 is 11.5 Å². The summed E-state index contributed by atoms with van der Waals surface area (Å²) in [6.07, 6.45) is 2.24. The third-order valence-corrected chi connectivity index (χ3v) is 2.42. The van der Waals surface area contributed by atoms with Crippen LogP contribution in [-0.2, 0) is 6.42 Å². The Bertz CT molecular complexity index is 494. The molecule has 0 radical (unpaired) electrons. The summed E-state index contributed by atoms with van der Waals surface area (Å²) in [7, 11) is 0. The van der Waals surface area contributed by atoms with Gasteiger partial charge in [-0.3, -0.25) is 0 Å². The van der Waals surface area contributed by atoms with Crippen LogP contribution in [0.1, 0.15) is 11.1 Å². The van der Waals surface area contributed by atoms with Gasteiger partial charge in [-0.05, 0) is 35.7 Å². The Morgan fingerprint density at radius 2 is 1.75 bits per heavy atom. The molecule has 2 aromatic rings.